The van der Waals surface area contributed by atoms with Gasteiger partial charge in [-0.15, -0.1) is 0 Å². The van der Waals surface area contributed by atoms with Gasteiger partial charge in [-0.25, -0.2) is 20.0 Å². The van der Waals surface area contributed by atoms with Crippen LogP contribution in [0.15, 0.2) is 24.3 Å². The minimum Gasteiger partial charge on any atom is -0.486 e. The van der Waals surface area contributed by atoms with E-state index in [-0.39, 0.29) is 40.8 Å². The van der Waals surface area contributed by atoms with E-state index in [4.69, 9.17) is 22.0 Å². The van der Waals surface area contributed by atoms with Gasteiger partial charge in [0.1, 0.15) is 29.7 Å². The first-order valence-corrected chi connectivity index (χ1v) is 6.48. The molecule has 0 saturated carbocycles. The smallest absolute Gasteiger partial charge is 0.337 e. The van der Waals surface area contributed by atoms with Crippen LogP contribution in [-0.2, 0) is 11.3 Å². The van der Waals surface area contributed by atoms with Gasteiger partial charge in [0.05, 0.1) is 12.7 Å². The maximum absolute atomic E-state index is 13.8. The number of hydrogen-bond donors (Lipinski definition) is 4. The number of nitrogens with zero attached hydrogens (tertiary/aromatic N) is 1. The Kier molecular flexibility index (Phi) is 4.82. The Labute approximate surface area is 131 Å². The molecule has 2 aromatic rings. The fourth-order valence-corrected chi connectivity index (χ4v) is 1.87. The molecular formula is C14H16FN5O3. The van der Waals surface area contributed by atoms with Crippen molar-refractivity contribution in [3.63, 3.8) is 0 Å². The molecule has 8 nitrogen and oxygen atoms in total. The van der Waals surface area contributed by atoms with E-state index in [2.05, 4.69) is 15.1 Å². The summed E-state index contributed by atoms with van der Waals surface area (Å²) >= 11 is 0. The topological polar surface area (TPSA) is 139 Å². The zero-order valence-electron chi connectivity index (χ0n) is 12.3. The highest BCUT2D eigenvalue weighted by atomic mass is 19.1. The molecule has 0 atom stereocenters. The summed E-state index contributed by atoms with van der Waals surface area (Å²) in [5.74, 6) is 4.63. The third-order valence-corrected chi connectivity index (χ3v) is 3.03. The SMILES string of the molecule is COC(=O)c1ccc(F)c(COc2cc(N)nc(NN)c2N)c1. The van der Waals surface area contributed by atoms with Crippen molar-refractivity contribution >= 4 is 23.3 Å². The van der Waals surface area contributed by atoms with Crippen LogP contribution >= 0.6 is 0 Å². The molecule has 1 heterocycles. The van der Waals surface area contributed by atoms with Crippen LogP contribution in [0.4, 0.5) is 21.7 Å². The van der Waals surface area contributed by atoms with Gasteiger partial charge in [-0.2, -0.15) is 0 Å². The Morgan fingerprint density at radius 3 is 2.74 bits per heavy atom. The number of hydrazine groups is 1. The molecule has 0 radical (unpaired) electrons. The van der Waals surface area contributed by atoms with E-state index in [9.17, 15) is 9.18 Å². The number of esters is 1. The fourth-order valence-electron chi connectivity index (χ4n) is 1.87. The summed E-state index contributed by atoms with van der Waals surface area (Å²) in [7, 11) is 1.24. The number of benzene rings is 1. The maximum atomic E-state index is 13.8. The molecule has 1 aromatic carbocycles. The van der Waals surface area contributed by atoms with Crippen molar-refractivity contribution in [3.8, 4) is 5.75 Å². The zero-order chi connectivity index (χ0) is 17.0. The molecule has 0 fully saturated rings. The first-order chi connectivity index (χ1) is 11.0. The number of methoxy groups -OCH3 is 1. The lowest BCUT2D eigenvalue weighted by Gasteiger charge is -2.13. The molecule has 0 spiro atoms. The Morgan fingerprint density at radius 2 is 2.09 bits per heavy atom. The summed E-state index contributed by atoms with van der Waals surface area (Å²) in [5, 5.41) is 0. The van der Waals surface area contributed by atoms with Gasteiger partial charge in [-0.05, 0) is 18.2 Å². The van der Waals surface area contributed by atoms with E-state index >= 15 is 0 Å². The monoisotopic (exact) mass is 321 g/mol. The molecule has 122 valence electrons. The van der Waals surface area contributed by atoms with E-state index in [1.165, 1.54) is 25.3 Å². The van der Waals surface area contributed by atoms with Crippen LogP contribution in [0.1, 0.15) is 15.9 Å². The molecule has 0 saturated heterocycles. The highest BCUT2D eigenvalue weighted by Gasteiger charge is 2.13. The number of nitrogens with one attached hydrogen (secondary N) is 1. The molecule has 0 amide bonds. The highest BCUT2D eigenvalue weighted by molar-refractivity contribution is 5.89. The Bertz CT molecular complexity index is 739. The van der Waals surface area contributed by atoms with Crippen molar-refractivity contribution in [1.29, 1.82) is 0 Å². The third kappa shape index (κ3) is 3.58. The number of nitrogen functional groups attached to an aromatic ring is 3. The van der Waals surface area contributed by atoms with Gasteiger partial charge in [0.15, 0.2) is 5.82 Å². The Morgan fingerprint density at radius 1 is 1.35 bits per heavy atom. The lowest BCUT2D eigenvalue weighted by Crippen LogP contribution is -2.13. The number of anilines is 3. The summed E-state index contributed by atoms with van der Waals surface area (Å²) < 4.78 is 23.9. The van der Waals surface area contributed by atoms with Crippen LogP contribution < -0.4 is 27.5 Å². The molecule has 0 aliphatic rings. The van der Waals surface area contributed by atoms with E-state index in [0.717, 1.165) is 6.07 Å². The average Bonchev–Trinajstić information content (AvgIpc) is 2.55. The molecule has 0 unspecified atom stereocenters. The Hall–Kier alpha value is -3.07. The van der Waals surface area contributed by atoms with Crippen molar-refractivity contribution in [1.82, 2.24) is 4.98 Å². The standard InChI is InChI=1S/C14H16FN5O3/c1-22-14(21)7-2-3-9(15)8(4-7)6-23-10-5-11(16)19-13(20-18)12(10)17/h2-5H,6,17-18H2,1H3,(H3,16,19,20). The number of rotatable bonds is 5. The minimum atomic E-state index is -0.575. The molecule has 0 aliphatic carbocycles. The summed E-state index contributed by atoms with van der Waals surface area (Å²) in [5.41, 5.74) is 14.2. The molecule has 2 rings (SSSR count). The fraction of sp³-hybridized carbons (Fsp3) is 0.143. The quantitative estimate of drug-likeness (QED) is 0.364. The lowest BCUT2D eigenvalue weighted by molar-refractivity contribution is 0.0600. The van der Waals surface area contributed by atoms with Crippen molar-refractivity contribution in [2.45, 2.75) is 6.61 Å². The third-order valence-electron chi connectivity index (χ3n) is 3.03. The van der Waals surface area contributed by atoms with Crippen molar-refractivity contribution < 1.29 is 18.7 Å². The molecule has 23 heavy (non-hydrogen) atoms. The summed E-state index contributed by atoms with van der Waals surface area (Å²) in [4.78, 5) is 15.4. The number of hydrogen-bond acceptors (Lipinski definition) is 8. The van der Waals surface area contributed by atoms with E-state index in [0.29, 0.717) is 0 Å². The van der Waals surface area contributed by atoms with Crippen LogP contribution in [0.5, 0.6) is 5.75 Å². The van der Waals surface area contributed by atoms with Crippen LogP contribution in [0, 0.1) is 5.82 Å². The van der Waals surface area contributed by atoms with Crippen LogP contribution in [-0.4, -0.2) is 18.1 Å². The van der Waals surface area contributed by atoms with Crippen LogP contribution in [0.2, 0.25) is 0 Å². The average molecular weight is 321 g/mol. The van der Waals surface area contributed by atoms with Gasteiger partial charge in [0.25, 0.3) is 0 Å². The number of aromatic nitrogens is 1. The Balaban J connectivity index is 2.24. The van der Waals surface area contributed by atoms with Gasteiger partial charge in [-0.1, -0.05) is 0 Å². The lowest BCUT2D eigenvalue weighted by atomic mass is 10.1. The van der Waals surface area contributed by atoms with Gasteiger partial charge in [-0.3, -0.25) is 0 Å². The number of carbonyl (C=O) groups excluding carboxylic acids is 1. The normalized spacial score (nSPS) is 10.2. The van der Waals surface area contributed by atoms with Crippen LogP contribution in [0.25, 0.3) is 0 Å². The van der Waals surface area contributed by atoms with Gasteiger partial charge in [0.2, 0.25) is 0 Å². The molecule has 0 aliphatic heterocycles. The highest BCUT2D eigenvalue weighted by Crippen LogP contribution is 2.30. The minimum absolute atomic E-state index is 0.130. The first kappa shape index (κ1) is 16.3. The number of ether oxygens (including phenoxy) is 2. The van der Waals surface area contributed by atoms with E-state index < -0.39 is 11.8 Å². The second-order valence-electron chi connectivity index (χ2n) is 4.54. The maximum Gasteiger partial charge on any atom is 0.337 e. The van der Waals surface area contributed by atoms with Crippen molar-refractivity contribution in [3.05, 3.63) is 41.2 Å². The number of nitrogens with two attached hydrogens (primary N) is 3. The molecule has 9 heteroatoms. The van der Waals surface area contributed by atoms with Crippen molar-refractivity contribution in [2.24, 2.45) is 5.84 Å². The number of halogens is 1. The predicted octanol–water partition coefficient (Wildman–Crippen LogP) is 1.04. The predicted molar refractivity (Wildman–Crippen MR) is 82.9 cm³/mol. The van der Waals surface area contributed by atoms with E-state index in [1.54, 1.807) is 0 Å². The number of pyridine rings is 1. The van der Waals surface area contributed by atoms with Gasteiger partial charge >= 0.3 is 5.97 Å². The van der Waals surface area contributed by atoms with Crippen molar-refractivity contribution in [2.75, 3.05) is 24.0 Å². The first-order valence-electron chi connectivity index (χ1n) is 6.48. The van der Waals surface area contributed by atoms with E-state index in [1.807, 2.05) is 0 Å². The summed E-state index contributed by atoms with van der Waals surface area (Å²) in [6, 6.07) is 5.20. The summed E-state index contributed by atoms with van der Waals surface area (Å²) in [6.45, 7) is -0.172. The molecule has 1 aromatic heterocycles. The summed E-state index contributed by atoms with van der Waals surface area (Å²) in [6.07, 6.45) is 0. The molecular weight excluding hydrogens is 305 g/mol. The van der Waals surface area contributed by atoms with Gasteiger partial charge < -0.3 is 26.4 Å². The van der Waals surface area contributed by atoms with Gasteiger partial charge in [0, 0.05) is 11.6 Å². The van der Waals surface area contributed by atoms with Crippen LogP contribution in [0.3, 0.4) is 0 Å². The second kappa shape index (κ2) is 6.79. The largest absolute Gasteiger partial charge is 0.486 e. The second-order valence-corrected chi connectivity index (χ2v) is 4.54. The number of carbonyl (C=O) groups is 1. The molecule has 0 bridgehead atoms. The zero-order valence-corrected chi connectivity index (χ0v) is 12.3. The molecule has 7 N–H and O–H groups in total.